The summed E-state index contributed by atoms with van der Waals surface area (Å²) in [6.07, 6.45) is -3.67. The highest BCUT2D eigenvalue weighted by molar-refractivity contribution is 5.53. The summed E-state index contributed by atoms with van der Waals surface area (Å²) >= 11 is 0. The fourth-order valence-electron chi connectivity index (χ4n) is 1.00. The van der Waals surface area contributed by atoms with E-state index in [1.165, 1.54) is 12.1 Å². The highest BCUT2D eigenvalue weighted by atomic mass is 16.6. The molecule has 0 saturated carbocycles. The Morgan fingerprint density at radius 2 is 1.08 bits per heavy atom. The number of hydrogen-bond acceptors (Lipinski definition) is 5. The van der Waals surface area contributed by atoms with E-state index in [0.717, 1.165) is 5.69 Å². The van der Waals surface area contributed by atoms with Crippen LogP contribution < -0.4 is 5.73 Å². The zero-order chi connectivity index (χ0) is 19.0. The van der Waals surface area contributed by atoms with Crippen molar-refractivity contribution < 1.29 is 34.9 Å². The molecule has 0 atom stereocenters. The molecule has 0 radical (unpaired) electrons. The van der Waals surface area contributed by atoms with Crippen LogP contribution in [0.15, 0.2) is 60.7 Å². The molecule has 0 aliphatic heterocycles. The first-order chi connectivity index (χ1) is 11.2. The van der Waals surface area contributed by atoms with Crippen LogP contribution in [0.3, 0.4) is 0 Å². The third-order valence-electron chi connectivity index (χ3n) is 1.77. The average molecular weight is 340 g/mol. The summed E-state index contributed by atoms with van der Waals surface area (Å²) in [5.74, 6) is 0. The molecule has 0 spiro atoms. The Morgan fingerprint density at radius 1 is 0.792 bits per heavy atom. The summed E-state index contributed by atoms with van der Waals surface area (Å²) in [7, 11) is 0. The van der Waals surface area contributed by atoms with Crippen LogP contribution in [0.5, 0.6) is 0 Å². The molecule has 10 heteroatoms. The predicted octanol–water partition coefficient (Wildman–Crippen LogP) is 3.31. The van der Waals surface area contributed by atoms with Gasteiger partial charge >= 0.3 is 12.3 Å². The van der Waals surface area contributed by atoms with Crippen LogP contribution in [-0.2, 0) is 0 Å². The normalized spacial score (nSPS) is 7.83. The first kappa shape index (κ1) is 22.5. The predicted molar refractivity (Wildman–Crippen MR) is 85.3 cm³/mol. The summed E-state index contributed by atoms with van der Waals surface area (Å²) in [5, 5.41) is 37.9. The fraction of sp³-hybridized carbons (Fsp3) is 0. The summed E-state index contributed by atoms with van der Waals surface area (Å²) in [6.45, 7) is 0. The third kappa shape index (κ3) is 20.5. The van der Waals surface area contributed by atoms with Crippen LogP contribution in [0.2, 0.25) is 0 Å². The lowest BCUT2D eigenvalue weighted by molar-refractivity contribution is -0.384. The second-order valence-electron chi connectivity index (χ2n) is 3.57. The maximum absolute atomic E-state index is 10.0. The lowest BCUT2D eigenvalue weighted by Gasteiger charge is -1.85. The van der Waals surface area contributed by atoms with Gasteiger partial charge in [0.2, 0.25) is 0 Å². The Hall–Kier alpha value is -3.82. The largest absolute Gasteiger partial charge is 0.503 e. The molecule has 0 heterocycles. The molecule has 2 rings (SSSR count). The minimum absolute atomic E-state index is 0.137. The Bertz CT molecular complexity index is 585. The molecule has 10 nitrogen and oxygen atoms in total. The summed E-state index contributed by atoms with van der Waals surface area (Å²) in [5.41, 5.74) is 6.32. The van der Waals surface area contributed by atoms with E-state index in [9.17, 15) is 10.1 Å². The van der Waals surface area contributed by atoms with Crippen molar-refractivity contribution in [3.63, 3.8) is 0 Å². The van der Waals surface area contributed by atoms with Crippen molar-refractivity contribution in [2.24, 2.45) is 0 Å². The molecule has 2 aromatic rings. The molecule has 130 valence electrons. The van der Waals surface area contributed by atoms with Crippen molar-refractivity contribution in [3.05, 3.63) is 70.8 Å². The van der Waals surface area contributed by atoms with E-state index in [-0.39, 0.29) is 5.69 Å². The van der Waals surface area contributed by atoms with Crippen molar-refractivity contribution in [2.45, 2.75) is 0 Å². The zero-order valence-electron chi connectivity index (χ0n) is 12.2. The number of anilines is 1. The van der Waals surface area contributed by atoms with Gasteiger partial charge in [0.25, 0.3) is 5.69 Å². The van der Waals surface area contributed by atoms with Crippen molar-refractivity contribution in [1.82, 2.24) is 0 Å². The lowest BCUT2D eigenvalue weighted by atomic mass is 10.3. The number of nitro groups is 1. The number of carboxylic acid groups (broad SMARTS) is 4. The van der Waals surface area contributed by atoms with E-state index in [1.54, 1.807) is 18.2 Å². The second-order valence-corrected chi connectivity index (χ2v) is 3.57. The molecule has 0 bridgehead atoms. The van der Waals surface area contributed by atoms with Gasteiger partial charge in [-0.3, -0.25) is 10.1 Å². The van der Waals surface area contributed by atoms with Crippen LogP contribution in [0.4, 0.5) is 21.0 Å². The van der Waals surface area contributed by atoms with Gasteiger partial charge in [0, 0.05) is 17.8 Å². The van der Waals surface area contributed by atoms with E-state index >= 15 is 0 Å². The van der Waals surface area contributed by atoms with Crippen LogP contribution in [-0.4, -0.2) is 37.7 Å². The number of rotatable bonds is 1. The number of hydrogen-bond donors (Lipinski definition) is 5. The maximum atomic E-state index is 10.0. The highest BCUT2D eigenvalue weighted by Gasteiger charge is 1.98. The second kappa shape index (κ2) is 14.1. The average Bonchev–Trinajstić information content (AvgIpc) is 2.48. The molecule has 0 aromatic heterocycles. The van der Waals surface area contributed by atoms with E-state index in [1.807, 2.05) is 30.3 Å². The molecular formula is C14H16N2O8. The smallest absolute Gasteiger partial charge is 0.450 e. The summed E-state index contributed by atoms with van der Waals surface area (Å²) < 4.78 is 0. The van der Waals surface area contributed by atoms with Gasteiger partial charge < -0.3 is 26.2 Å². The maximum Gasteiger partial charge on any atom is 0.503 e. The van der Waals surface area contributed by atoms with Crippen LogP contribution in [0.1, 0.15) is 0 Å². The number of nitrogen functional groups attached to an aromatic ring is 1. The molecule has 6 N–H and O–H groups in total. The minimum Gasteiger partial charge on any atom is -0.450 e. The summed E-state index contributed by atoms with van der Waals surface area (Å²) in [6, 6.07) is 17.4. The number of nitro benzene ring substituents is 1. The SMILES string of the molecule is Nc1ccccc1.O=C(O)O.O=C(O)O.O=[N+]([O-])c1ccccc1. The molecule has 0 amide bonds. The molecule has 2 aromatic carbocycles. The van der Waals surface area contributed by atoms with E-state index in [0.29, 0.717) is 0 Å². The van der Waals surface area contributed by atoms with Gasteiger partial charge in [-0.2, -0.15) is 0 Å². The zero-order valence-corrected chi connectivity index (χ0v) is 12.2. The number of benzene rings is 2. The van der Waals surface area contributed by atoms with Gasteiger partial charge in [0.1, 0.15) is 0 Å². The Kier molecular flexibility index (Phi) is 13.2. The number of para-hydroxylation sites is 2. The van der Waals surface area contributed by atoms with Crippen LogP contribution in [0.25, 0.3) is 0 Å². The van der Waals surface area contributed by atoms with Crippen LogP contribution >= 0.6 is 0 Å². The third-order valence-corrected chi connectivity index (χ3v) is 1.77. The monoisotopic (exact) mass is 340 g/mol. The van der Waals surface area contributed by atoms with Gasteiger partial charge in [-0.15, -0.1) is 0 Å². The molecular weight excluding hydrogens is 324 g/mol. The van der Waals surface area contributed by atoms with Gasteiger partial charge in [0.15, 0.2) is 0 Å². The highest BCUT2D eigenvalue weighted by Crippen LogP contribution is 2.06. The van der Waals surface area contributed by atoms with Crippen LogP contribution in [0, 0.1) is 10.1 Å². The number of nitrogens with two attached hydrogens (primary N) is 1. The first-order valence-corrected chi connectivity index (χ1v) is 6.00. The Balaban J connectivity index is 0. The van der Waals surface area contributed by atoms with Gasteiger partial charge in [-0.25, -0.2) is 9.59 Å². The fourth-order valence-corrected chi connectivity index (χ4v) is 1.00. The molecule has 0 aliphatic rings. The van der Waals surface area contributed by atoms with E-state index < -0.39 is 17.2 Å². The molecule has 0 fully saturated rings. The lowest BCUT2D eigenvalue weighted by Crippen LogP contribution is -1.84. The van der Waals surface area contributed by atoms with Crippen molar-refractivity contribution >= 4 is 23.7 Å². The standard InChI is InChI=1S/C6H5NO2.C6H7N.2CH2O3/c8-7(9)6-4-2-1-3-5-6;7-6-4-2-1-3-5-6;2*2-1(3)4/h1-5H;1-5H,7H2;2*(H2,2,3,4). The van der Waals surface area contributed by atoms with Gasteiger partial charge in [0.05, 0.1) is 4.92 Å². The summed E-state index contributed by atoms with van der Waals surface area (Å²) in [4.78, 5) is 26.7. The van der Waals surface area contributed by atoms with Crippen molar-refractivity contribution in [1.29, 1.82) is 0 Å². The number of carbonyl (C=O) groups is 2. The van der Waals surface area contributed by atoms with Gasteiger partial charge in [-0.05, 0) is 12.1 Å². The molecule has 0 aliphatic carbocycles. The van der Waals surface area contributed by atoms with Gasteiger partial charge in [-0.1, -0.05) is 36.4 Å². The molecule has 0 saturated heterocycles. The van der Waals surface area contributed by atoms with Crippen molar-refractivity contribution in [3.8, 4) is 0 Å². The molecule has 24 heavy (non-hydrogen) atoms. The van der Waals surface area contributed by atoms with Crippen molar-refractivity contribution in [2.75, 3.05) is 5.73 Å². The quantitative estimate of drug-likeness (QED) is 0.295. The first-order valence-electron chi connectivity index (χ1n) is 6.00. The topological polar surface area (TPSA) is 184 Å². The Morgan fingerprint density at radius 3 is 1.25 bits per heavy atom. The Labute approximate surface area is 136 Å². The minimum atomic E-state index is -1.83. The number of non-ortho nitro benzene ring substituents is 1. The number of nitrogens with zero attached hydrogens (tertiary/aromatic N) is 1. The van der Waals surface area contributed by atoms with E-state index in [4.69, 9.17) is 35.7 Å². The molecule has 0 unspecified atom stereocenters. The van der Waals surface area contributed by atoms with E-state index in [2.05, 4.69) is 0 Å².